The number of hydrogen-bond acceptors (Lipinski definition) is 0. The first-order chi connectivity index (χ1) is 7.73. The summed E-state index contributed by atoms with van der Waals surface area (Å²) in [6, 6.07) is 0. The van der Waals surface area contributed by atoms with E-state index >= 15 is 0 Å². The fraction of sp³-hybridized carbons (Fsp3) is 0. The van der Waals surface area contributed by atoms with Crippen LogP contribution in [0.1, 0.15) is 0 Å². The second-order valence-electron chi connectivity index (χ2n) is 1.19. The summed E-state index contributed by atoms with van der Waals surface area (Å²) in [5.74, 6) is 0. The summed E-state index contributed by atoms with van der Waals surface area (Å²) in [4.78, 5) is 0. The summed E-state index contributed by atoms with van der Waals surface area (Å²) >= 11 is 27.6. The Bertz CT molecular complexity index is 194. The van der Waals surface area contributed by atoms with Crippen molar-refractivity contribution in [1.82, 2.24) is 0 Å². The number of halogens is 17. The third kappa shape index (κ3) is 13.4. The molecule has 0 unspecified atom stereocenters. The summed E-state index contributed by atoms with van der Waals surface area (Å²) in [6.45, 7) is 0. The molecule has 0 amide bonds. The van der Waals surface area contributed by atoms with Gasteiger partial charge < -0.3 is 0 Å². The molecule has 0 saturated heterocycles. The first-order valence-corrected chi connectivity index (χ1v) is 103. The Labute approximate surface area is 223 Å². The van der Waals surface area contributed by atoms with Gasteiger partial charge in [-0.2, -0.15) is 0 Å². The quantitative estimate of drug-likeness (QED) is 0.223. The van der Waals surface area contributed by atoms with E-state index in [0.29, 0.717) is 13.3 Å². The molecule has 0 aliphatic carbocycles. The van der Waals surface area contributed by atoms with Crippen molar-refractivity contribution >= 4 is 223 Å². The molecule has 0 aromatic rings. The molecule has 0 aromatic heterocycles. The van der Waals surface area contributed by atoms with Crippen LogP contribution in [0.15, 0.2) is 0 Å². The van der Waals surface area contributed by atoms with Gasteiger partial charge in [0.1, 0.15) is 0 Å². The molecule has 0 nitrogen and oxygen atoms in total. The first kappa shape index (κ1) is 29.4. The molecule has 17 heteroatoms. The van der Waals surface area contributed by atoms with Crippen molar-refractivity contribution in [1.29, 1.82) is 0 Å². The number of rotatable bonds is 7. The van der Waals surface area contributed by atoms with Gasteiger partial charge in [0, 0.05) is 0 Å². The molecule has 0 aliphatic rings. The zero-order valence-electron chi connectivity index (χ0n) is 6.43. The minimum atomic E-state index is -0.415. The molecule has 0 N–H and O–H groups in total. The average Bonchev–Trinajstić information content (AvgIpc) is 2.32. The van der Waals surface area contributed by atoms with Crippen LogP contribution in [-0.2, 0) is 0 Å². The molecular weight excluding hydrogens is 2160 g/mol. The Morgan fingerprint density at radius 3 is 1.24 bits per heavy atom. The van der Waals surface area contributed by atoms with Gasteiger partial charge >= 0.3 is 236 Å². The Hall–Kier alpha value is 12.4. The number of hydrogen-bond donors (Lipinski definition) is 0. The Morgan fingerprint density at radius 2 is 0.882 bits per heavy atom. The van der Waals surface area contributed by atoms with Crippen LogP contribution in [0.2, 0.25) is 0 Å². The molecule has 0 atom stereocenters. The van der Waals surface area contributed by atoms with Crippen LogP contribution in [0.5, 0.6) is 0 Å². The summed E-state index contributed by atoms with van der Waals surface area (Å²) < 4.78 is 0. The normalized spacial score (nSPS) is 17.4. The Balaban J connectivity index is 4.53. The van der Waals surface area contributed by atoms with Gasteiger partial charge in [0.2, 0.25) is 0 Å². The molecule has 0 bridgehead atoms. The third-order valence-electron chi connectivity index (χ3n) is 0.531. The van der Waals surface area contributed by atoms with Gasteiger partial charge in [0.25, 0.3) is 0 Å². The SMILES string of the molecule is I[I-]I(I)I(I)I(I)I(I)I(I)I(I)I(I)I. The van der Waals surface area contributed by atoms with Crippen molar-refractivity contribution in [3.8, 4) is 0 Å². The molecule has 17 heavy (non-hydrogen) atoms. The van der Waals surface area contributed by atoms with E-state index in [-0.39, 0.29) is 47.4 Å². The van der Waals surface area contributed by atoms with Crippen LogP contribution in [0.4, 0.5) is 0 Å². The van der Waals surface area contributed by atoms with Gasteiger partial charge in [0.15, 0.2) is 0 Å². The molecule has 0 fully saturated rings. The second-order valence-corrected chi connectivity index (χ2v) is 359. The van der Waals surface area contributed by atoms with Crippen LogP contribution >= 0.6 is 223 Å². The van der Waals surface area contributed by atoms with Crippen LogP contribution in [0.25, 0.3) is 0 Å². The average molecular weight is 2160 g/mol. The van der Waals surface area contributed by atoms with Gasteiger partial charge in [-0.15, -0.1) is 0 Å². The zero-order chi connectivity index (χ0) is 13.7. The monoisotopic (exact) mass is 2160 g/mol. The van der Waals surface area contributed by atoms with E-state index in [1.165, 1.54) is 0 Å². The predicted molar refractivity (Wildman–Crippen MR) is 224 cm³/mol. The van der Waals surface area contributed by atoms with Crippen LogP contribution in [-0.4, -0.2) is 0 Å². The summed E-state index contributed by atoms with van der Waals surface area (Å²) in [6.07, 6.45) is 0. The van der Waals surface area contributed by atoms with Gasteiger partial charge in [-0.05, 0) is 0 Å². The predicted octanol–water partition coefficient (Wildman–Crippen LogP) is 11.2. The fourth-order valence-corrected chi connectivity index (χ4v) is 2310. The van der Waals surface area contributed by atoms with E-state index in [1.54, 1.807) is 0 Å². The van der Waals surface area contributed by atoms with Crippen molar-refractivity contribution in [2.75, 3.05) is 0 Å². The minimum absolute atomic E-state index is 0.306. The van der Waals surface area contributed by atoms with E-state index in [1.807, 2.05) is 0 Å². The Kier molecular flexibility index (Phi) is 31.2. The summed E-state index contributed by atoms with van der Waals surface area (Å²) in [7, 11) is -2.48. The van der Waals surface area contributed by atoms with E-state index in [4.69, 9.17) is 0 Å². The molecule has 0 spiro atoms. The topological polar surface area (TPSA) is 0 Å². The molecular formula is I17-. The van der Waals surface area contributed by atoms with E-state index < -0.39 is 7.89 Å². The van der Waals surface area contributed by atoms with Crippen molar-refractivity contribution in [2.45, 2.75) is 0 Å². The van der Waals surface area contributed by atoms with Crippen LogP contribution < -0.4 is 13.3 Å². The third-order valence-corrected chi connectivity index (χ3v) is 1070. The van der Waals surface area contributed by atoms with Gasteiger partial charge in [0.05, 0.1) is 0 Å². The standard InChI is InChI=1S/I17/c1-10-12(4)14(6)16(8)17(9)15(7)13(5)11(2)3/q-1. The van der Waals surface area contributed by atoms with Gasteiger partial charge in [-0.25, -0.2) is 0 Å². The van der Waals surface area contributed by atoms with Crippen molar-refractivity contribution < 1.29 is 13.3 Å². The summed E-state index contributed by atoms with van der Waals surface area (Å²) in [5, 5.41) is 0. The van der Waals surface area contributed by atoms with E-state index in [2.05, 4.69) is 168 Å². The molecule has 120 valence electrons. The van der Waals surface area contributed by atoms with E-state index in [0.717, 1.165) is 0 Å². The second kappa shape index (κ2) is 18.0. The molecule has 0 heterocycles. The first-order valence-electron chi connectivity index (χ1n) is 2.29. The van der Waals surface area contributed by atoms with Gasteiger partial charge in [-0.1, -0.05) is 0 Å². The van der Waals surface area contributed by atoms with E-state index in [9.17, 15) is 0 Å². The fourth-order valence-electron chi connectivity index (χ4n) is 0.170. The maximum absolute atomic E-state index is 3.11. The molecule has 0 radical (unpaired) electrons. The van der Waals surface area contributed by atoms with Crippen molar-refractivity contribution in [3.05, 3.63) is 0 Å². The van der Waals surface area contributed by atoms with Crippen molar-refractivity contribution in [3.63, 3.8) is 0 Å². The molecule has 0 aromatic carbocycles. The van der Waals surface area contributed by atoms with Gasteiger partial charge in [-0.3, -0.25) is 0 Å². The van der Waals surface area contributed by atoms with Crippen LogP contribution in [0.3, 0.4) is 0 Å². The molecule has 0 saturated carbocycles. The zero-order valence-corrected chi connectivity index (χ0v) is 43.1. The molecule has 0 aliphatic heterocycles. The van der Waals surface area contributed by atoms with Crippen molar-refractivity contribution in [2.24, 2.45) is 0 Å². The van der Waals surface area contributed by atoms with Crippen LogP contribution in [0, 0.1) is 0 Å². The Morgan fingerprint density at radius 1 is 0.529 bits per heavy atom. The summed E-state index contributed by atoms with van der Waals surface area (Å²) in [5.41, 5.74) is 0. The molecule has 0 rings (SSSR count). The maximum atomic E-state index is 3.11.